The lowest BCUT2D eigenvalue weighted by atomic mass is 10.1. The molecule has 1 amide bonds. The van der Waals surface area contributed by atoms with Crippen molar-refractivity contribution in [3.8, 4) is 0 Å². The lowest BCUT2D eigenvalue weighted by molar-refractivity contribution is 0.0218. The number of nitrogens with two attached hydrogens (primary N) is 1. The topological polar surface area (TPSA) is 55.6 Å². The summed E-state index contributed by atoms with van der Waals surface area (Å²) in [6.07, 6.45) is 2.75. The molecule has 4 heteroatoms. The molecule has 0 aromatic carbocycles. The van der Waals surface area contributed by atoms with E-state index in [4.69, 9.17) is 10.5 Å². The highest BCUT2D eigenvalue weighted by molar-refractivity contribution is 5.69. The number of ether oxygens (including phenoxy) is 1. The fourth-order valence-electron chi connectivity index (χ4n) is 2.10. The predicted octanol–water partition coefficient (Wildman–Crippen LogP) is 2.12. The van der Waals surface area contributed by atoms with Crippen LogP contribution in [0.1, 0.15) is 47.0 Å². The maximum absolute atomic E-state index is 11.9. The molecule has 0 aromatic heterocycles. The Hall–Kier alpha value is -0.770. The van der Waals surface area contributed by atoms with Crippen LogP contribution in [0.3, 0.4) is 0 Å². The van der Waals surface area contributed by atoms with E-state index in [1.54, 1.807) is 4.90 Å². The Morgan fingerprint density at radius 3 is 2.62 bits per heavy atom. The van der Waals surface area contributed by atoms with Crippen LogP contribution in [0.25, 0.3) is 0 Å². The van der Waals surface area contributed by atoms with Crippen LogP contribution in [0.15, 0.2) is 0 Å². The molecule has 0 spiro atoms. The van der Waals surface area contributed by atoms with E-state index >= 15 is 0 Å². The molecule has 0 unspecified atom stereocenters. The van der Waals surface area contributed by atoms with E-state index in [-0.39, 0.29) is 18.2 Å². The molecule has 0 bridgehead atoms. The number of amides is 1. The summed E-state index contributed by atoms with van der Waals surface area (Å²) in [6.45, 7) is 8.40. The minimum atomic E-state index is -0.430. The standard InChI is InChI=1S/C12H24N2O2/c1-5-6-10-7-9(13)8-14(10)11(15)16-12(2,3)4/h9-10H,5-8,13H2,1-4H3/t9-,10+/m0/s1. The molecule has 0 aliphatic carbocycles. The molecule has 1 saturated heterocycles. The van der Waals surface area contributed by atoms with Crippen LogP contribution in [0.5, 0.6) is 0 Å². The van der Waals surface area contributed by atoms with Crippen molar-refractivity contribution in [1.29, 1.82) is 0 Å². The van der Waals surface area contributed by atoms with Crippen molar-refractivity contribution in [1.82, 2.24) is 4.90 Å². The third-order valence-corrected chi connectivity index (χ3v) is 2.70. The van der Waals surface area contributed by atoms with E-state index in [1.807, 2.05) is 20.8 Å². The van der Waals surface area contributed by atoms with Gasteiger partial charge >= 0.3 is 6.09 Å². The number of carbonyl (C=O) groups is 1. The molecule has 2 atom stereocenters. The Morgan fingerprint density at radius 1 is 1.50 bits per heavy atom. The lowest BCUT2D eigenvalue weighted by Gasteiger charge is -2.28. The predicted molar refractivity (Wildman–Crippen MR) is 64.2 cm³/mol. The zero-order valence-corrected chi connectivity index (χ0v) is 10.8. The molecule has 1 rings (SSSR count). The smallest absolute Gasteiger partial charge is 0.410 e. The fourth-order valence-corrected chi connectivity index (χ4v) is 2.10. The van der Waals surface area contributed by atoms with Crippen LogP contribution in [0.4, 0.5) is 4.79 Å². The first-order chi connectivity index (χ1) is 7.33. The first-order valence-electron chi connectivity index (χ1n) is 6.08. The van der Waals surface area contributed by atoms with Crippen molar-refractivity contribution in [3.63, 3.8) is 0 Å². The molecule has 1 heterocycles. The maximum Gasteiger partial charge on any atom is 0.410 e. The van der Waals surface area contributed by atoms with Gasteiger partial charge in [-0.25, -0.2) is 4.79 Å². The first kappa shape index (κ1) is 13.3. The summed E-state index contributed by atoms with van der Waals surface area (Å²) in [5, 5.41) is 0. The van der Waals surface area contributed by atoms with Crippen molar-refractivity contribution >= 4 is 6.09 Å². The second-order valence-electron chi connectivity index (χ2n) is 5.57. The highest BCUT2D eigenvalue weighted by Gasteiger charge is 2.35. The zero-order chi connectivity index (χ0) is 12.3. The van der Waals surface area contributed by atoms with Crippen molar-refractivity contribution < 1.29 is 9.53 Å². The zero-order valence-electron chi connectivity index (χ0n) is 10.8. The number of nitrogens with zero attached hydrogens (tertiary/aromatic N) is 1. The minimum Gasteiger partial charge on any atom is -0.444 e. The number of hydrogen-bond acceptors (Lipinski definition) is 3. The Labute approximate surface area is 98.1 Å². The van der Waals surface area contributed by atoms with Gasteiger partial charge in [0.25, 0.3) is 0 Å². The molecular weight excluding hydrogens is 204 g/mol. The summed E-state index contributed by atoms with van der Waals surface area (Å²) in [5.74, 6) is 0. The number of likely N-dealkylation sites (tertiary alicyclic amines) is 1. The van der Waals surface area contributed by atoms with Gasteiger partial charge in [0.05, 0.1) is 0 Å². The highest BCUT2D eigenvalue weighted by Crippen LogP contribution is 2.23. The van der Waals surface area contributed by atoms with Gasteiger partial charge < -0.3 is 15.4 Å². The highest BCUT2D eigenvalue weighted by atomic mass is 16.6. The summed E-state index contributed by atoms with van der Waals surface area (Å²) in [6, 6.07) is 0.360. The van der Waals surface area contributed by atoms with Gasteiger partial charge in [-0.05, 0) is 33.6 Å². The first-order valence-corrected chi connectivity index (χ1v) is 6.08. The monoisotopic (exact) mass is 228 g/mol. The Bertz CT molecular complexity index is 248. The molecule has 1 fully saturated rings. The quantitative estimate of drug-likeness (QED) is 0.787. The van der Waals surface area contributed by atoms with Crippen molar-refractivity contribution in [2.45, 2.75) is 64.6 Å². The SMILES string of the molecule is CCC[C@@H]1C[C@H](N)CN1C(=O)OC(C)(C)C. The summed E-state index contributed by atoms with van der Waals surface area (Å²) < 4.78 is 5.38. The van der Waals surface area contributed by atoms with Crippen LogP contribution < -0.4 is 5.73 Å². The fraction of sp³-hybridized carbons (Fsp3) is 0.917. The van der Waals surface area contributed by atoms with Crippen molar-refractivity contribution in [2.24, 2.45) is 5.73 Å². The van der Waals surface area contributed by atoms with E-state index in [0.717, 1.165) is 19.3 Å². The van der Waals surface area contributed by atoms with Gasteiger partial charge in [0.1, 0.15) is 5.60 Å². The van der Waals surface area contributed by atoms with Crippen LogP contribution in [-0.2, 0) is 4.74 Å². The van der Waals surface area contributed by atoms with Gasteiger partial charge in [-0.15, -0.1) is 0 Å². The molecule has 0 saturated carbocycles. The van der Waals surface area contributed by atoms with Crippen LogP contribution in [-0.4, -0.2) is 35.2 Å². The van der Waals surface area contributed by atoms with Gasteiger partial charge in [0.15, 0.2) is 0 Å². The average molecular weight is 228 g/mol. The van der Waals surface area contributed by atoms with Gasteiger partial charge in [0.2, 0.25) is 0 Å². The Kier molecular flexibility index (Phi) is 4.19. The summed E-state index contributed by atoms with van der Waals surface area (Å²) in [5.41, 5.74) is 5.47. The molecular formula is C12H24N2O2. The van der Waals surface area contributed by atoms with E-state index in [1.165, 1.54) is 0 Å². The molecule has 1 aliphatic rings. The molecule has 1 aliphatic heterocycles. The summed E-state index contributed by atoms with van der Waals surface area (Å²) >= 11 is 0. The molecule has 16 heavy (non-hydrogen) atoms. The van der Waals surface area contributed by atoms with Crippen molar-refractivity contribution in [3.05, 3.63) is 0 Å². The van der Waals surface area contributed by atoms with Gasteiger partial charge in [0, 0.05) is 18.6 Å². The Morgan fingerprint density at radius 2 is 2.12 bits per heavy atom. The Balaban J connectivity index is 2.59. The second-order valence-corrected chi connectivity index (χ2v) is 5.57. The summed E-state index contributed by atoms with van der Waals surface area (Å²) in [7, 11) is 0. The van der Waals surface area contributed by atoms with Gasteiger partial charge in [-0.1, -0.05) is 13.3 Å². The summed E-state index contributed by atoms with van der Waals surface area (Å²) in [4.78, 5) is 13.7. The van der Waals surface area contributed by atoms with Crippen LogP contribution in [0.2, 0.25) is 0 Å². The normalized spacial score (nSPS) is 25.9. The van der Waals surface area contributed by atoms with Crippen LogP contribution in [0, 0.1) is 0 Å². The van der Waals surface area contributed by atoms with Crippen LogP contribution >= 0.6 is 0 Å². The third kappa shape index (κ3) is 3.67. The maximum atomic E-state index is 11.9. The van der Waals surface area contributed by atoms with E-state index < -0.39 is 5.60 Å². The molecule has 4 nitrogen and oxygen atoms in total. The van der Waals surface area contributed by atoms with E-state index in [0.29, 0.717) is 6.54 Å². The number of hydrogen-bond donors (Lipinski definition) is 1. The molecule has 0 aromatic rings. The molecule has 2 N–H and O–H groups in total. The molecule has 94 valence electrons. The largest absolute Gasteiger partial charge is 0.444 e. The van der Waals surface area contributed by atoms with Gasteiger partial charge in [-0.3, -0.25) is 0 Å². The third-order valence-electron chi connectivity index (χ3n) is 2.70. The number of carbonyl (C=O) groups excluding carboxylic acids is 1. The van der Waals surface area contributed by atoms with E-state index in [9.17, 15) is 4.79 Å². The van der Waals surface area contributed by atoms with Crippen molar-refractivity contribution in [2.75, 3.05) is 6.54 Å². The van der Waals surface area contributed by atoms with Gasteiger partial charge in [-0.2, -0.15) is 0 Å². The minimum absolute atomic E-state index is 0.101. The second kappa shape index (κ2) is 5.04. The molecule has 0 radical (unpaired) electrons. The van der Waals surface area contributed by atoms with E-state index in [2.05, 4.69) is 6.92 Å². The average Bonchev–Trinajstić information content (AvgIpc) is 2.44. The number of rotatable bonds is 2. The lowest BCUT2D eigenvalue weighted by Crippen LogP contribution is -2.40.